The van der Waals surface area contributed by atoms with Crippen LogP contribution in [0.1, 0.15) is 30.6 Å². The molecule has 0 aliphatic rings. The molecule has 1 aromatic heterocycles. The van der Waals surface area contributed by atoms with Crippen molar-refractivity contribution in [2.24, 2.45) is 5.73 Å². The average Bonchev–Trinajstić information content (AvgIpc) is 2.85. The molecular formula is C13H17N3OS. The highest BCUT2D eigenvalue weighted by Gasteiger charge is 2.05. The number of hydrogen-bond donors (Lipinski definition) is 1. The molecule has 18 heavy (non-hydrogen) atoms. The zero-order valence-electron chi connectivity index (χ0n) is 10.4. The van der Waals surface area contributed by atoms with Gasteiger partial charge in [0.15, 0.2) is 5.82 Å². The highest BCUT2D eigenvalue weighted by atomic mass is 32.2. The van der Waals surface area contributed by atoms with Gasteiger partial charge in [-0.1, -0.05) is 24.2 Å². The van der Waals surface area contributed by atoms with Crippen LogP contribution in [0.15, 0.2) is 33.7 Å². The van der Waals surface area contributed by atoms with Crippen LogP contribution in [0.5, 0.6) is 0 Å². The summed E-state index contributed by atoms with van der Waals surface area (Å²) in [6.45, 7) is 2.67. The monoisotopic (exact) mass is 263 g/mol. The van der Waals surface area contributed by atoms with Crippen LogP contribution in [0.3, 0.4) is 0 Å². The minimum absolute atomic E-state index is 0.580. The second-order valence-corrected chi connectivity index (χ2v) is 5.04. The van der Waals surface area contributed by atoms with Crippen molar-refractivity contribution in [1.29, 1.82) is 0 Å². The summed E-state index contributed by atoms with van der Waals surface area (Å²) in [5.41, 5.74) is 6.70. The molecule has 2 aromatic rings. The number of nitrogens with two attached hydrogens (primary N) is 1. The Morgan fingerprint density at radius 2 is 2.06 bits per heavy atom. The Labute approximate surface area is 111 Å². The highest BCUT2D eigenvalue weighted by Crippen LogP contribution is 2.21. The van der Waals surface area contributed by atoms with Crippen LogP contribution in [0.2, 0.25) is 0 Å². The fourth-order valence-electron chi connectivity index (χ4n) is 1.53. The molecule has 2 rings (SSSR count). The second kappa shape index (κ2) is 6.56. The molecule has 2 N–H and O–H groups in total. The molecule has 0 atom stereocenters. The molecule has 96 valence electrons. The van der Waals surface area contributed by atoms with Gasteiger partial charge in [0, 0.05) is 17.9 Å². The van der Waals surface area contributed by atoms with E-state index >= 15 is 0 Å². The van der Waals surface area contributed by atoms with Crippen molar-refractivity contribution >= 4 is 11.8 Å². The topological polar surface area (TPSA) is 64.9 Å². The van der Waals surface area contributed by atoms with Crippen molar-refractivity contribution in [2.45, 2.75) is 37.0 Å². The lowest BCUT2D eigenvalue weighted by atomic mass is 10.2. The minimum Gasteiger partial charge on any atom is -0.339 e. The molecule has 4 nitrogen and oxygen atoms in total. The van der Waals surface area contributed by atoms with Gasteiger partial charge in [0.05, 0.1) is 5.75 Å². The predicted octanol–water partition coefficient (Wildman–Crippen LogP) is 2.77. The number of benzene rings is 1. The summed E-state index contributed by atoms with van der Waals surface area (Å²) in [4.78, 5) is 5.52. The molecule has 0 aliphatic carbocycles. The quantitative estimate of drug-likeness (QED) is 0.812. The molecule has 5 heteroatoms. The third kappa shape index (κ3) is 3.58. The number of hydrogen-bond acceptors (Lipinski definition) is 5. The standard InChI is InChI=1S/C13H17N3OS/c1-2-3-13-15-12(16-17-13)9-18-11-6-4-10(8-14)5-7-11/h4-7H,2-3,8-9,14H2,1H3. The van der Waals surface area contributed by atoms with Crippen molar-refractivity contribution in [3.8, 4) is 0 Å². The van der Waals surface area contributed by atoms with Gasteiger partial charge in [-0.2, -0.15) is 4.98 Å². The second-order valence-electron chi connectivity index (χ2n) is 3.99. The first-order chi connectivity index (χ1) is 8.81. The molecular weight excluding hydrogens is 246 g/mol. The van der Waals surface area contributed by atoms with E-state index in [4.69, 9.17) is 10.3 Å². The smallest absolute Gasteiger partial charge is 0.226 e. The summed E-state index contributed by atoms with van der Waals surface area (Å²) in [5.74, 6) is 2.22. The number of nitrogens with zero attached hydrogens (tertiary/aromatic N) is 2. The van der Waals surface area contributed by atoms with Crippen LogP contribution in [0.4, 0.5) is 0 Å². The molecule has 1 heterocycles. The third-order valence-corrected chi connectivity index (χ3v) is 3.51. The van der Waals surface area contributed by atoms with Crippen molar-refractivity contribution in [2.75, 3.05) is 0 Å². The molecule has 0 bridgehead atoms. The van der Waals surface area contributed by atoms with Crippen molar-refractivity contribution in [1.82, 2.24) is 10.1 Å². The first-order valence-electron chi connectivity index (χ1n) is 6.05. The molecule has 0 radical (unpaired) electrons. The van der Waals surface area contributed by atoms with Gasteiger partial charge in [0.1, 0.15) is 0 Å². The summed E-state index contributed by atoms with van der Waals surface area (Å²) in [6, 6.07) is 8.22. The first kappa shape index (κ1) is 13.1. The molecule has 0 aliphatic heterocycles. The van der Waals surface area contributed by atoms with Gasteiger partial charge < -0.3 is 10.3 Å². The Morgan fingerprint density at radius 3 is 2.72 bits per heavy atom. The van der Waals surface area contributed by atoms with Gasteiger partial charge in [-0.05, 0) is 24.1 Å². The maximum Gasteiger partial charge on any atom is 0.226 e. The lowest BCUT2D eigenvalue weighted by Crippen LogP contribution is -1.95. The fourth-order valence-corrected chi connectivity index (χ4v) is 2.28. The number of thioether (sulfide) groups is 1. The zero-order valence-corrected chi connectivity index (χ0v) is 11.2. The maximum absolute atomic E-state index is 5.56. The Kier molecular flexibility index (Phi) is 4.78. The molecule has 0 amide bonds. The van der Waals surface area contributed by atoms with E-state index in [2.05, 4.69) is 29.2 Å². The van der Waals surface area contributed by atoms with Crippen LogP contribution in [0, 0.1) is 0 Å². The van der Waals surface area contributed by atoms with Gasteiger partial charge in [-0.15, -0.1) is 11.8 Å². The lowest BCUT2D eigenvalue weighted by Gasteiger charge is -2.00. The van der Waals surface area contributed by atoms with Gasteiger partial charge >= 0.3 is 0 Å². The van der Waals surface area contributed by atoms with Gasteiger partial charge in [-0.25, -0.2) is 0 Å². The number of rotatable bonds is 6. The Morgan fingerprint density at radius 1 is 1.28 bits per heavy atom. The molecule has 0 saturated carbocycles. The number of aromatic nitrogens is 2. The van der Waals surface area contributed by atoms with Crippen LogP contribution in [0.25, 0.3) is 0 Å². The van der Waals surface area contributed by atoms with Crippen molar-refractivity contribution in [3.63, 3.8) is 0 Å². The van der Waals surface area contributed by atoms with E-state index in [0.29, 0.717) is 6.54 Å². The zero-order chi connectivity index (χ0) is 12.8. The summed E-state index contributed by atoms with van der Waals surface area (Å²) in [6.07, 6.45) is 1.87. The molecule has 0 unspecified atom stereocenters. The van der Waals surface area contributed by atoms with E-state index in [1.54, 1.807) is 11.8 Å². The molecule has 0 saturated heterocycles. The largest absolute Gasteiger partial charge is 0.339 e. The number of aryl methyl sites for hydroxylation is 1. The van der Waals surface area contributed by atoms with Crippen LogP contribution in [-0.2, 0) is 18.7 Å². The Hall–Kier alpha value is -1.33. The summed E-state index contributed by atoms with van der Waals surface area (Å²) in [7, 11) is 0. The van der Waals surface area contributed by atoms with E-state index < -0.39 is 0 Å². The van der Waals surface area contributed by atoms with E-state index in [1.165, 1.54) is 4.90 Å². The van der Waals surface area contributed by atoms with Crippen molar-refractivity contribution in [3.05, 3.63) is 41.5 Å². The first-order valence-corrected chi connectivity index (χ1v) is 7.03. The van der Waals surface area contributed by atoms with E-state index in [9.17, 15) is 0 Å². The molecule has 1 aromatic carbocycles. The van der Waals surface area contributed by atoms with Gasteiger partial charge in [0.25, 0.3) is 0 Å². The Bertz CT molecular complexity index is 481. The van der Waals surface area contributed by atoms with E-state index in [0.717, 1.165) is 35.9 Å². The van der Waals surface area contributed by atoms with Crippen LogP contribution < -0.4 is 5.73 Å². The van der Waals surface area contributed by atoms with Crippen molar-refractivity contribution < 1.29 is 4.52 Å². The fraction of sp³-hybridized carbons (Fsp3) is 0.385. The van der Waals surface area contributed by atoms with Crippen LogP contribution in [-0.4, -0.2) is 10.1 Å². The predicted molar refractivity (Wildman–Crippen MR) is 72.2 cm³/mol. The summed E-state index contributed by atoms with van der Waals surface area (Å²) in [5, 5.41) is 3.96. The van der Waals surface area contributed by atoms with Gasteiger partial charge in [-0.3, -0.25) is 0 Å². The van der Waals surface area contributed by atoms with Crippen LogP contribution >= 0.6 is 11.8 Å². The Balaban J connectivity index is 1.89. The highest BCUT2D eigenvalue weighted by molar-refractivity contribution is 7.98. The molecule has 0 fully saturated rings. The SMILES string of the molecule is CCCc1nc(CSc2ccc(CN)cc2)no1. The lowest BCUT2D eigenvalue weighted by molar-refractivity contribution is 0.373. The van der Waals surface area contributed by atoms with E-state index in [1.807, 2.05) is 12.1 Å². The summed E-state index contributed by atoms with van der Waals surface area (Å²) < 4.78 is 5.14. The summed E-state index contributed by atoms with van der Waals surface area (Å²) >= 11 is 1.70. The van der Waals surface area contributed by atoms with Gasteiger partial charge in [0.2, 0.25) is 5.89 Å². The van der Waals surface area contributed by atoms with E-state index in [-0.39, 0.29) is 0 Å². The minimum atomic E-state index is 0.580. The maximum atomic E-state index is 5.56. The average molecular weight is 263 g/mol. The third-order valence-electron chi connectivity index (χ3n) is 2.50. The normalized spacial score (nSPS) is 10.8. The molecule has 0 spiro atoms.